The van der Waals surface area contributed by atoms with Gasteiger partial charge in [0.2, 0.25) is 0 Å². The average molecular weight is 330 g/mol. The van der Waals surface area contributed by atoms with Crippen molar-refractivity contribution in [3.05, 3.63) is 45.8 Å². The van der Waals surface area contributed by atoms with Crippen LogP contribution >= 0.6 is 11.3 Å². The molecule has 3 rings (SSSR count). The van der Waals surface area contributed by atoms with Crippen molar-refractivity contribution in [3.63, 3.8) is 0 Å². The molecule has 0 saturated heterocycles. The third-order valence-corrected chi connectivity index (χ3v) is 5.85. The standard InChI is InChI=1S/C18H22N2O2S/c1-18(2)8-7-14-13(9-18)15(17(21)22)16(23-14)12-5-3-11(4-6-12)10-20-19/h3-6,20H,7-10,19H2,1-2H3,(H,21,22). The van der Waals surface area contributed by atoms with E-state index in [4.69, 9.17) is 5.84 Å². The molecule has 0 bridgehead atoms. The van der Waals surface area contributed by atoms with Gasteiger partial charge in [0.1, 0.15) is 0 Å². The quantitative estimate of drug-likeness (QED) is 0.591. The molecule has 0 saturated carbocycles. The Morgan fingerprint density at radius 1 is 1.35 bits per heavy atom. The highest BCUT2D eigenvalue weighted by Gasteiger charge is 2.32. The number of benzene rings is 1. The van der Waals surface area contributed by atoms with E-state index < -0.39 is 5.97 Å². The van der Waals surface area contributed by atoms with Gasteiger partial charge in [0.05, 0.1) is 5.56 Å². The summed E-state index contributed by atoms with van der Waals surface area (Å²) in [4.78, 5) is 14.0. The number of fused-ring (bicyclic) bond motifs is 1. The number of hydrogen-bond acceptors (Lipinski definition) is 4. The van der Waals surface area contributed by atoms with Crippen LogP contribution in [-0.4, -0.2) is 11.1 Å². The zero-order chi connectivity index (χ0) is 16.6. The van der Waals surface area contributed by atoms with E-state index in [1.165, 1.54) is 4.88 Å². The van der Waals surface area contributed by atoms with Crippen LogP contribution in [0.4, 0.5) is 0 Å². The van der Waals surface area contributed by atoms with E-state index in [0.29, 0.717) is 12.1 Å². The maximum Gasteiger partial charge on any atom is 0.337 e. The van der Waals surface area contributed by atoms with Crippen LogP contribution in [0.25, 0.3) is 10.4 Å². The topological polar surface area (TPSA) is 75.3 Å². The van der Waals surface area contributed by atoms with Gasteiger partial charge in [0, 0.05) is 16.3 Å². The molecule has 1 aliphatic carbocycles. The molecular weight excluding hydrogens is 308 g/mol. The fourth-order valence-corrected chi connectivity index (χ4v) is 4.56. The molecule has 23 heavy (non-hydrogen) atoms. The van der Waals surface area contributed by atoms with E-state index in [0.717, 1.165) is 40.8 Å². The number of hydrogen-bond donors (Lipinski definition) is 3. The van der Waals surface area contributed by atoms with Gasteiger partial charge in [0.25, 0.3) is 0 Å². The lowest BCUT2D eigenvalue weighted by atomic mass is 9.76. The van der Waals surface area contributed by atoms with E-state index >= 15 is 0 Å². The van der Waals surface area contributed by atoms with E-state index in [1.807, 2.05) is 24.3 Å². The van der Waals surface area contributed by atoms with Gasteiger partial charge in [-0.05, 0) is 41.4 Å². The summed E-state index contributed by atoms with van der Waals surface area (Å²) < 4.78 is 0. The van der Waals surface area contributed by atoms with Gasteiger partial charge in [-0.25, -0.2) is 4.79 Å². The van der Waals surface area contributed by atoms with Gasteiger partial charge in [-0.15, -0.1) is 11.3 Å². The number of carboxylic acids is 1. The Morgan fingerprint density at radius 2 is 2.04 bits per heavy atom. The van der Waals surface area contributed by atoms with Gasteiger partial charge < -0.3 is 5.11 Å². The van der Waals surface area contributed by atoms with Crippen LogP contribution < -0.4 is 11.3 Å². The number of carboxylic acid groups (broad SMARTS) is 1. The highest BCUT2D eigenvalue weighted by atomic mass is 32.1. The molecule has 2 aromatic rings. The summed E-state index contributed by atoms with van der Waals surface area (Å²) >= 11 is 1.64. The van der Waals surface area contributed by atoms with Gasteiger partial charge >= 0.3 is 5.97 Å². The second-order valence-corrected chi connectivity index (χ2v) is 8.04. The van der Waals surface area contributed by atoms with Crippen LogP contribution in [0, 0.1) is 5.41 Å². The molecule has 1 heterocycles. The lowest BCUT2D eigenvalue weighted by Gasteiger charge is -2.29. The first-order valence-electron chi connectivity index (χ1n) is 7.82. The normalized spacial score (nSPS) is 16.1. The average Bonchev–Trinajstić information content (AvgIpc) is 2.85. The van der Waals surface area contributed by atoms with E-state index in [2.05, 4.69) is 19.3 Å². The zero-order valence-corrected chi connectivity index (χ0v) is 14.3. The fourth-order valence-electron chi connectivity index (χ4n) is 3.24. The first-order valence-corrected chi connectivity index (χ1v) is 8.63. The van der Waals surface area contributed by atoms with Crippen molar-refractivity contribution in [2.24, 2.45) is 11.3 Å². The third-order valence-electron chi connectivity index (χ3n) is 4.51. The number of nitrogens with one attached hydrogen (secondary N) is 1. The van der Waals surface area contributed by atoms with Crippen LogP contribution in [0.1, 0.15) is 46.6 Å². The lowest BCUT2D eigenvalue weighted by Crippen LogP contribution is -2.22. The van der Waals surface area contributed by atoms with Crippen molar-refractivity contribution in [1.82, 2.24) is 5.43 Å². The molecule has 0 unspecified atom stereocenters. The SMILES string of the molecule is CC1(C)CCc2sc(-c3ccc(CNN)cc3)c(C(=O)O)c2C1. The minimum atomic E-state index is -0.817. The smallest absolute Gasteiger partial charge is 0.337 e. The molecule has 1 aromatic carbocycles. The third kappa shape index (κ3) is 3.17. The minimum absolute atomic E-state index is 0.173. The molecule has 0 amide bonds. The van der Waals surface area contributed by atoms with Gasteiger partial charge in [-0.1, -0.05) is 38.1 Å². The summed E-state index contributed by atoms with van der Waals surface area (Å²) in [5, 5.41) is 9.76. The predicted molar refractivity (Wildman–Crippen MR) is 93.5 cm³/mol. The zero-order valence-electron chi connectivity index (χ0n) is 13.5. The van der Waals surface area contributed by atoms with Crippen molar-refractivity contribution >= 4 is 17.3 Å². The molecular formula is C18H22N2O2S. The number of aromatic carboxylic acids is 1. The maximum atomic E-state index is 11.9. The Kier molecular flexibility index (Phi) is 4.27. The molecule has 5 heteroatoms. The Bertz CT molecular complexity index is 732. The van der Waals surface area contributed by atoms with Gasteiger partial charge in [0.15, 0.2) is 0 Å². The first-order chi connectivity index (χ1) is 10.9. The second-order valence-electron chi connectivity index (χ2n) is 6.93. The van der Waals surface area contributed by atoms with Gasteiger partial charge in [-0.2, -0.15) is 0 Å². The highest BCUT2D eigenvalue weighted by Crippen LogP contribution is 2.45. The summed E-state index contributed by atoms with van der Waals surface area (Å²) in [6.07, 6.45) is 2.93. The number of nitrogens with two attached hydrogens (primary N) is 1. The highest BCUT2D eigenvalue weighted by molar-refractivity contribution is 7.16. The molecule has 4 nitrogen and oxygen atoms in total. The Morgan fingerprint density at radius 3 is 2.65 bits per heavy atom. The molecule has 0 radical (unpaired) electrons. The Hall–Kier alpha value is -1.69. The molecule has 0 atom stereocenters. The molecule has 122 valence electrons. The monoisotopic (exact) mass is 330 g/mol. The fraction of sp³-hybridized carbons (Fsp3) is 0.389. The number of rotatable bonds is 4. The van der Waals surface area contributed by atoms with Crippen molar-refractivity contribution in [3.8, 4) is 10.4 Å². The summed E-state index contributed by atoms with van der Waals surface area (Å²) in [6, 6.07) is 7.95. The van der Waals surface area contributed by atoms with Crippen LogP contribution in [-0.2, 0) is 19.4 Å². The summed E-state index contributed by atoms with van der Waals surface area (Å²) in [7, 11) is 0. The predicted octanol–water partition coefficient (Wildman–Crippen LogP) is 3.59. The summed E-state index contributed by atoms with van der Waals surface area (Å²) in [6.45, 7) is 5.03. The van der Waals surface area contributed by atoms with Crippen molar-refractivity contribution in [2.45, 2.75) is 39.7 Å². The van der Waals surface area contributed by atoms with E-state index in [1.54, 1.807) is 11.3 Å². The number of hydrazine groups is 1. The first kappa shape index (κ1) is 16.2. The van der Waals surface area contributed by atoms with Crippen molar-refractivity contribution in [1.29, 1.82) is 0 Å². The number of aryl methyl sites for hydroxylation is 1. The van der Waals surface area contributed by atoms with E-state index in [9.17, 15) is 9.90 Å². The molecule has 1 aromatic heterocycles. The summed E-state index contributed by atoms with van der Waals surface area (Å²) in [5.41, 5.74) is 6.40. The Balaban J connectivity index is 2.06. The van der Waals surface area contributed by atoms with Crippen molar-refractivity contribution in [2.75, 3.05) is 0 Å². The molecule has 0 spiro atoms. The summed E-state index contributed by atoms with van der Waals surface area (Å²) in [5.74, 6) is 4.52. The molecule has 0 aliphatic heterocycles. The maximum absolute atomic E-state index is 11.9. The van der Waals surface area contributed by atoms with Crippen LogP contribution in [0.15, 0.2) is 24.3 Å². The van der Waals surface area contributed by atoms with Crippen LogP contribution in [0.3, 0.4) is 0 Å². The van der Waals surface area contributed by atoms with Crippen LogP contribution in [0.2, 0.25) is 0 Å². The number of carbonyl (C=O) groups is 1. The van der Waals surface area contributed by atoms with Crippen LogP contribution in [0.5, 0.6) is 0 Å². The molecule has 1 aliphatic rings. The molecule has 0 fully saturated rings. The molecule has 4 N–H and O–H groups in total. The largest absolute Gasteiger partial charge is 0.478 e. The van der Waals surface area contributed by atoms with Gasteiger partial charge in [-0.3, -0.25) is 11.3 Å². The lowest BCUT2D eigenvalue weighted by molar-refractivity contribution is 0.0696. The Labute approximate surface area is 140 Å². The van der Waals surface area contributed by atoms with E-state index in [-0.39, 0.29) is 5.41 Å². The number of thiophene rings is 1. The second kappa shape index (κ2) is 6.07. The van der Waals surface area contributed by atoms with Crippen molar-refractivity contribution < 1.29 is 9.90 Å². The minimum Gasteiger partial charge on any atom is -0.478 e.